The number of carbonyl (C=O) groups excluding carboxylic acids is 2. The smallest absolute Gasteiger partial charge is 0.247 e. The van der Waals surface area contributed by atoms with Crippen LogP contribution in [0.1, 0.15) is 51.0 Å². The molecule has 1 saturated heterocycles. The Kier molecular flexibility index (Phi) is 6.79. The molecule has 0 spiro atoms. The summed E-state index contributed by atoms with van der Waals surface area (Å²) in [5.41, 5.74) is -0.187. The predicted molar refractivity (Wildman–Crippen MR) is 118 cm³/mol. The summed E-state index contributed by atoms with van der Waals surface area (Å²) < 4.78 is 25.6. The van der Waals surface area contributed by atoms with Crippen LogP contribution in [-0.2, 0) is 19.6 Å². The fourth-order valence-corrected chi connectivity index (χ4v) is 5.38. The first-order valence-corrected chi connectivity index (χ1v) is 12.6. The van der Waals surface area contributed by atoms with E-state index in [4.69, 9.17) is 11.6 Å². The minimum absolute atomic E-state index is 0.0304. The number of halogens is 1. The highest BCUT2D eigenvalue weighted by molar-refractivity contribution is 7.88. The van der Waals surface area contributed by atoms with Gasteiger partial charge < -0.3 is 5.32 Å². The zero-order chi connectivity index (χ0) is 22.1. The second-order valence-corrected chi connectivity index (χ2v) is 11.0. The molecule has 2 fully saturated rings. The quantitative estimate of drug-likeness (QED) is 0.707. The number of rotatable bonds is 4. The first-order valence-electron chi connectivity index (χ1n) is 10.4. The molecule has 1 N–H and O–H groups in total. The number of amides is 2. The van der Waals surface area contributed by atoms with Crippen molar-refractivity contribution in [1.82, 2.24) is 9.62 Å². The van der Waals surface area contributed by atoms with Crippen LogP contribution >= 0.6 is 11.6 Å². The SMILES string of the molecule is Cc1c(Cl)cccc1N1C(=O)CN(S(C)(=O)=O)C[C@@]1(C)C(=O)NC1CCCCCC1. The number of nitrogens with one attached hydrogen (secondary N) is 1. The highest BCUT2D eigenvalue weighted by Gasteiger charge is 2.51. The summed E-state index contributed by atoms with van der Waals surface area (Å²) in [6.07, 6.45) is 7.24. The van der Waals surface area contributed by atoms with Crippen LogP contribution in [0.25, 0.3) is 0 Å². The van der Waals surface area contributed by atoms with Gasteiger partial charge in [-0.2, -0.15) is 4.31 Å². The Labute approximate surface area is 183 Å². The van der Waals surface area contributed by atoms with Gasteiger partial charge in [-0.1, -0.05) is 43.4 Å². The van der Waals surface area contributed by atoms with Crippen molar-refractivity contribution in [3.05, 3.63) is 28.8 Å². The van der Waals surface area contributed by atoms with E-state index in [0.717, 1.165) is 49.1 Å². The Balaban J connectivity index is 2.01. The number of sulfonamides is 1. The molecule has 0 unspecified atom stereocenters. The second-order valence-electron chi connectivity index (χ2n) is 8.58. The maximum absolute atomic E-state index is 13.5. The van der Waals surface area contributed by atoms with Gasteiger partial charge in [-0.3, -0.25) is 14.5 Å². The fourth-order valence-electron chi connectivity index (χ4n) is 4.38. The van der Waals surface area contributed by atoms with Crippen LogP contribution in [0.4, 0.5) is 5.69 Å². The summed E-state index contributed by atoms with van der Waals surface area (Å²) >= 11 is 6.28. The lowest BCUT2D eigenvalue weighted by atomic mass is 9.92. The van der Waals surface area contributed by atoms with Gasteiger partial charge in [-0.05, 0) is 44.4 Å². The fraction of sp³-hybridized carbons (Fsp3) is 0.619. The second kappa shape index (κ2) is 8.85. The van der Waals surface area contributed by atoms with Gasteiger partial charge in [-0.25, -0.2) is 8.42 Å². The van der Waals surface area contributed by atoms with E-state index in [1.54, 1.807) is 32.0 Å². The maximum Gasteiger partial charge on any atom is 0.247 e. The van der Waals surface area contributed by atoms with E-state index < -0.39 is 21.5 Å². The molecule has 0 radical (unpaired) electrons. The Morgan fingerprint density at radius 3 is 2.43 bits per heavy atom. The largest absolute Gasteiger partial charge is 0.351 e. The lowest BCUT2D eigenvalue weighted by Gasteiger charge is -2.47. The summed E-state index contributed by atoms with van der Waals surface area (Å²) in [5, 5.41) is 3.59. The Bertz CT molecular complexity index is 928. The van der Waals surface area contributed by atoms with Crippen molar-refractivity contribution in [2.45, 2.75) is 64.0 Å². The van der Waals surface area contributed by atoms with Crippen LogP contribution in [0.5, 0.6) is 0 Å². The molecule has 30 heavy (non-hydrogen) atoms. The van der Waals surface area contributed by atoms with Crippen LogP contribution in [-0.4, -0.2) is 55.5 Å². The zero-order valence-electron chi connectivity index (χ0n) is 17.8. The van der Waals surface area contributed by atoms with Crippen LogP contribution in [0, 0.1) is 6.92 Å². The molecule has 1 aliphatic carbocycles. The molecule has 1 aliphatic heterocycles. The number of piperazine rings is 1. The predicted octanol–water partition coefficient (Wildman–Crippen LogP) is 2.85. The standard InChI is InChI=1S/C21H30ClN3O4S/c1-15-17(22)11-8-12-18(15)25-19(26)13-24(30(3,28)29)14-21(25,2)20(27)23-16-9-6-4-5-7-10-16/h8,11-12,16H,4-7,9-10,13-14H2,1-3H3,(H,23,27)/t21-/m0/s1. The lowest BCUT2D eigenvalue weighted by molar-refractivity contribution is -0.133. The number of benzene rings is 1. The van der Waals surface area contributed by atoms with Crippen molar-refractivity contribution < 1.29 is 18.0 Å². The van der Waals surface area contributed by atoms with Crippen molar-refractivity contribution in [3.8, 4) is 0 Å². The molecule has 1 aromatic rings. The Morgan fingerprint density at radius 2 is 1.83 bits per heavy atom. The molecule has 0 aromatic heterocycles. The van der Waals surface area contributed by atoms with Gasteiger partial charge in [0, 0.05) is 23.3 Å². The molecular formula is C21H30ClN3O4S. The molecule has 9 heteroatoms. The van der Waals surface area contributed by atoms with Crippen LogP contribution < -0.4 is 10.2 Å². The summed E-state index contributed by atoms with van der Waals surface area (Å²) in [6.45, 7) is 3.01. The van der Waals surface area contributed by atoms with Gasteiger partial charge in [0.05, 0.1) is 12.8 Å². The number of hydrogen-bond donors (Lipinski definition) is 1. The minimum atomic E-state index is -3.65. The van der Waals surface area contributed by atoms with Crippen molar-refractivity contribution in [1.29, 1.82) is 0 Å². The highest BCUT2D eigenvalue weighted by Crippen LogP contribution is 2.35. The van der Waals surface area contributed by atoms with E-state index in [2.05, 4.69) is 5.32 Å². The molecule has 2 aliphatic rings. The highest BCUT2D eigenvalue weighted by atomic mass is 35.5. The Hall–Kier alpha value is -1.64. The molecule has 7 nitrogen and oxygen atoms in total. The molecule has 1 heterocycles. The van der Waals surface area contributed by atoms with E-state index in [1.807, 2.05) is 0 Å². The third-order valence-electron chi connectivity index (χ3n) is 6.17. The molecule has 1 atom stereocenters. The number of anilines is 1. The summed E-state index contributed by atoms with van der Waals surface area (Å²) in [5.74, 6) is -0.786. The molecule has 3 rings (SSSR count). The van der Waals surface area contributed by atoms with Gasteiger partial charge in [0.1, 0.15) is 5.54 Å². The normalized spacial score (nSPS) is 24.5. The summed E-state index contributed by atoms with van der Waals surface area (Å²) in [4.78, 5) is 28.2. The van der Waals surface area contributed by atoms with Gasteiger partial charge in [0.15, 0.2) is 0 Å². The minimum Gasteiger partial charge on any atom is -0.351 e. The van der Waals surface area contributed by atoms with Gasteiger partial charge in [0.2, 0.25) is 21.8 Å². The lowest BCUT2D eigenvalue weighted by Crippen LogP contribution is -2.70. The monoisotopic (exact) mass is 455 g/mol. The molecule has 166 valence electrons. The third kappa shape index (κ3) is 4.65. The summed E-state index contributed by atoms with van der Waals surface area (Å²) in [7, 11) is -3.65. The molecule has 1 saturated carbocycles. The van der Waals surface area contributed by atoms with Crippen LogP contribution in [0.15, 0.2) is 18.2 Å². The number of nitrogens with zero attached hydrogens (tertiary/aromatic N) is 2. The molecule has 2 amide bonds. The van der Waals surface area contributed by atoms with Crippen molar-refractivity contribution in [2.75, 3.05) is 24.2 Å². The van der Waals surface area contributed by atoms with E-state index in [-0.39, 0.29) is 25.0 Å². The molecule has 1 aromatic carbocycles. The van der Waals surface area contributed by atoms with Crippen molar-refractivity contribution in [2.24, 2.45) is 0 Å². The topological polar surface area (TPSA) is 86.8 Å². The van der Waals surface area contributed by atoms with Crippen molar-refractivity contribution in [3.63, 3.8) is 0 Å². The van der Waals surface area contributed by atoms with Crippen LogP contribution in [0.3, 0.4) is 0 Å². The zero-order valence-corrected chi connectivity index (χ0v) is 19.4. The first kappa shape index (κ1) is 23.0. The van der Waals surface area contributed by atoms with Crippen molar-refractivity contribution >= 4 is 39.1 Å². The van der Waals surface area contributed by atoms with Gasteiger partial charge in [-0.15, -0.1) is 0 Å². The van der Waals surface area contributed by atoms with Gasteiger partial charge >= 0.3 is 0 Å². The maximum atomic E-state index is 13.5. The number of carbonyl (C=O) groups is 2. The molecular weight excluding hydrogens is 426 g/mol. The third-order valence-corrected chi connectivity index (χ3v) is 7.77. The van der Waals surface area contributed by atoms with E-state index in [0.29, 0.717) is 16.3 Å². The average molecular weight is 456 g/mol. The van der Waals surface area contributed by atoms with E-state index in [9.17, 15) is 18.0 Å². The summed E-state index contributed by atoms with van der Waals surface area (Å²) in [6, 6.07) is 5.22. The van der Waals surface area contributed by atoms with Gasteiger partial charge in [0.25, 0.3) is 0 Å². The Morgan fingerprint density at radius 1 is 1.20 bits per heavy atom. The van der Waals surface area contributed by atoms with E-state index in [1.165, 1.54) is 4.90 Å². The first-order chi connectivity index (χ1) is 14.0. The van der Waals surface area contributed by atoms with Crippen LogP contribution in [0.2, 0.25) is 5.02 Å². The average Bonchev–Trinajstić information content (AvgIpc) is 2.92. The molecule has 0 bridgehead atoms. The van der Waals surface area contributed by atoms with E-state index >= 15 is 0 Å². The number of hydrogen-bond acceptors (Lipinski definition) is 4.